The molecule has 0 aliphatic carbocycles. The van der Waals surface area contributed by atoms with Gasteiger partial charge >= 0.3 is 0 Å². The lowest BCUT2D eigenvalue weighted by molar-refractivity contribution is -0.111. The highest BCUT2D eigenvalue weighted by molar-refractivity contribution is 6.32. The number of ether oxygens (including phenoxy) is 1. The summed E-state index contributed by atoms with van der Waals surface area (Å²) in [7, 11) is 0. The van der Waals surface area contributed by atoms with E-state index in [-0.39, 0.29) is 5.91 Å². The number of hydrogen-bond donors (Lipinski definition) is 3. The Morgan fingerprint density at radius 1 is 1.10 bits per heavy atom. The Morgan fingerprint density at radius 2 is 2.00 bits per heavy atom. The highest BCUT2D eigenvalue weighted by atomic mass is 35.5. The highest BCUT2D eigenvalue weighted by Crippen LogP contribution is 2.32. The van der Waals surface area contributed by atoms with Gasteiger partial charge in [-0.25, -0.2) is 9.97 Å². The molecule has 0 atom stereocenters. The Bertz CT molecular complexity index is 1550. The number of nitrogens with zero attached hydrogens (tertiary/aromatic N) is 3. The highest BCUT2D eigenvalue weighted by Gasteiger charge is 2.12. The minimum atomic E-state index is -0.341. The van der Waals surface area contributed by atoms with E-state index in [1.54, 1.807) is 30.6 Å². The summed E-state index contributed by atoms with van der Waals surface area (Å²) >= 11 is 6.49. The van der Waals surface area contributed by atoms with Crippen molar-refractivity contribution >= 4 is 45.6 Å². The third kappa shape index (κ3) is 7.57. The normalized spacial score (nSPS) is 10.2. The number of unbranched alkanes of at least 4 members (excludes halogenated alkanes) is 1. The van der Waals surface area contributed by atoms with E-state index in [1.165, 1.54) is 12.4 Å². The molecule has 196 valence electrons. The van der Waals surface area contributed by atoms with Crippen molar-refractivity contribution in [2.45, 2.75) is 19.4 Å². The number of nitrogens with one attached hydrogen (secondary N) is 3. The van der Waals surface area contributed by atoms with Crippen molar-refractivity contribution in [3.05, 3.63) is 103 Å². The molecule has 0 fully saturated rings. The predicted molar refractivity (Wildman–Crippen MR) is 156 cm³/mol. The fraction of sp³-hybridized carbons (Fsp3) is 0.133. The average molecular weight is 539 g/mol. The summed E-state index contributed by atoms with van der Waals surface area (Å²) in [5.41, 5.74) is 3.37. The zero-order chi connectivity index (χ0) is 27.5. The molecule has 0 bridgehead atoms. The molecule has 4 aromatic rings. The number of anilines is 3. The lowest BCUT2D eigenvalue weighted by Crippen LogP contribution is -2.09. The fourth-order valence-electron chi connectivity index (χ4n) is 3.60. The van der Waals surface area contributed by atoms with Crippen molar-refractivity contribution in [1.29, 1.82) is 0 Å². The number of benzene rings is 2. The van der Waals surface area contributed by atoms with Gasteiger partial charge < -0.3 is 20.7 Å². The van der Waals surface area contributed by atoms with Crippen LogP contribution in [0, 0.1) is 11.8 Å². The molecule has 3 N–H and O–H groups in total. The van der Waals surface area contributed by atoms with Gasteiger partial charge in [0.25, 0.3) is 0 Å². The molecule has 0 saturated carbocycles. The molecule has 39 heavy (non-hydrogen) atoms. The molecule has 9 heteroatoms. The van der Waals surface area contributed by atoms with Gasteiger partial charge in [0.15, 0.2) is 0 Å². The minimum absolute atomic E-state index is 0.306. The van der Waals surface area contributed by atoms with Crippen LogP contribution >= 0.6 is 11.6 Å². The molecule has 2 aromatic heterocycles. The Morgan fingerprint density at radius 3 is 2.77 bits per heavy atom. The van der Waals surface area contributed by atoms with Gasteiger partial charge in [0.1, 0.15) is 24.5 Å². The van der Waals surface area contributed by atoms with Crippen molar-refractivity contribution in [1.82, 2.24) is 20.3 Å². The molecule has 1 amide bonds. The topological polar surface area (TPSA) is 101 Å². The molecule has 0 aliphatic heterocycles. The van der Waals surface area contributed by atoms with E-state index >= 15 is 0 Å². The largest absolute Gasteiger partial charge is 0.486 e. The maximum absolute atomic E-state index is 12.1. The number of carbonyl (C=O) groups is 1. The van der Waals surface area contributed by atoms with Gasteiger partial charge in [0, 0.05) is 30.2 Å². The zero-order valence-corrected chi connectivity index (χ0v) is 22.0. The standard InChI is InChI=1S/C30H27ClN6O2/c1-3-29(38)37-26-18-24-27(16-21(26)10-6-5-8-14-32-4-2)34-20-35-30(24)36-22-12-13-28(25(31)17-22)39-19-23-11-7-9-15-33-23/h3-4,7,9,11-13,15-18,20,32H,1-2,5,8,14,19H2,(H,37,38)(H,34,35,36). The number of carbonyl (C=O) groups excluding carboxylic acids is 1. The van der Waals surface area contributed by atoms with E-state index < -0.39 is 0 Å². The summed E-state index contributed by atoms with van der Waals surface area (Å²) in [4.78, 5) is 25.2. The smallest absolute Gasteiger partial charge is 0.247 e. The van der Waals surface area contributed by atoms with Crippen LogP contribution in [0.4, 0.5) is 17.2 Å². The van der Waals surface area contributed by atoms with Crippen molar-refractivity contribution in [3.63, 3.8) is 0 Å². The van der Waals surface area contributed by atoms with Crippen LogP contribution in [0.15, 0.2) is 86.5 Å². The first-order valence-corrected chi connectivity index (χ1v) is 12.6. The van der Waals surface area contributed by atoms with Crippen LogP contribution in [0.25, 0.3) is 10.9 Å². The molecule has 8 nitrogen and oxygen atoms in total. The van der Waals surface area contributed by atoms with Gasteiger partial charge in [-0.2, -0.15) is 0 Å². The average Bonchev–Trinajstić information content (AvgIpc) is 2.95. The number of rotatable bonds is 11. The second kappa shape index (κ2) is 13.6. The summed E-state index contributed by atoms with van der Waals surface area (Å²) in [5.74, 6) is 7.05. The third-order valence-corrected chi connectivity index (χ3v) is 5.80. The van der Waals surface area contributed by atoms with E-state index in [4.69, 9.17) is 16.3 Å². The van der Waals surface area contributed by atoms with Crippen LogP contribution < -0.4 is 20.7 Å². The van der Waals surface area contributed by atoms with Gasteiger partial charge in [0.2, 0.25) is 5.91 Å². The first kappa shape index (κ1) is 27.2. The Hall–Kier alpha value is -4.87. The SMILES string of the molecule is C=CNCCCC#Cc1cc2ncnc(Nc3ccc(OCc4ccccn4)c(Cl)c3)c2cc1NC(=O)C=C. The molecule has 0 saturated heterocycles. The lowest BCUT2D eigenvalue weighted by Gasteiger charge is -2.13. The third-order valence-electron chi connectivity index (χ3n) is 5.50. The van der Waals surface area contributed by atoms with Crippen LogP contribution in [-0.2, 0) is 11.4 Å². The van der Waals surface area contributed by atoms with E-state index in [0.717, 1.165) is 18.7 Å². The molecule has 0 aliphatic rings. The van der Waals surface area contributed by atoms with Crippen molar-refractivity contribution in [3.8, 4) is 17.6 Å². The molecule has 0 unspecified atom stereocenters. The van der Waals surface area contributed by atoms with Gasteiger partial charge in [0.05, 0.1) is 27.5 Å². The molecule has 0 spiro atoms. The molecule has 4 rings (SSSR count). The fourth-order valence-corrected chi connectivity index (χ4v) is 3.83. The minimum Gasteiger partial charge on any atom is -0.486 e. The maximum atomic E-state index is 12.1. The monoisotopic (exact) mass is 538 g/mol. The quantitative estimate of drug-likeness (QED) is 0.122. The van der Waals surface area contributed by atoms with Crippen molar-refractivity contribution < 1.29 is 9.53 Å². The van der Waals surface area contributed by atoms with Gasteiger partial charge in [-0.05, 0) is 61.2 Å². The first-order valence-electron chi connectivity index (χ1n) is 12.2. The number of pyridine rings is 1. The number of hydrogen-bond acceptors (Lipinski definition) is 7. The summed E-state index contributed by atoms with van der Waals surface area (Å²) in [6.45, 7) is 8.28. The summed E-state index contributed by atoms with van der Waals surface area (Å²) in [6, 6.07) is 14.6. The van der Waals surface area contributed by atoms with Crippen LogP contribution in [0.5, 0.6) is 5.75 Å². The Labute approximate surface area is 232 Å². The molecule has 2 aromatic carbocycles. The number of aromatic nitrogens is 3. The maximum Gasteiger partial charge on any atom is 0.247 e. The molecular weight excluding hydrogens is 512 g/mol. The van der Waals surface area contributed by atoms with Crippen LogP contribution in [0.3, 0.4) is 0 Å². The predicted octanol–water partition coefficient (Wildman–Crippen LogP) is 5.99. The second-order valence-electron chi connectivity index (χ2n) is 8.27. The first-order chi connectivity index (χ1) is 19.1. The summed E-state index contributed by atoms with van der Waals surface area (Å²) < 4.78 is 5.82. The molecule has 0 radical (unpaired) electrons. The summed E-state index contributed by atoms with van der Waals surface area (Å²) in [5, 5.41) is 10.3. The number of amides is 1. The van der Waals surface area contributed by atoms with E-state index in [9.17, 15) is 4.79 Å². The number of fused-ring (bicyclic) bond motifs is 1. The molecular formula is C30H27ClN6O2. The summed E-state index contributed by atoms with van der Waals surface area (Å²) in [6.07, 6.45) is 7.61. The van der Waals surface area contributed by atoms with Crippen molar-refractivity contribution in [2.75, 3.05) is 17.2 Å². The lowest BCUT2D eigenvalue weighted by atomic mass is 10.1. The number of halogens is 1. The van der Waals surface area contributed by atoms with Gasteiger partial charge in [-0.15, -0.1) is 0 Å². The van der Waals surface area contributed by atoms with Crippen LogP contribution in [-0.4, -0.2) is 27.4 Å². The second-order valence-corrected chi connectivity index (χ2v) is 8.68. The van der Waals surface area contributed by atoms with Gasteiger partial charge in [-0.1, -0.05) is 42.7 Å². The van der Waals surface area contributed by atoms with E-state index in [0.29, 0.717) is 57.5 Å². The van der Waals surface area contributed by atoms with Crippen LogP contribution in [0.2, 0.25) is 5.02 Å². The Balaban J connectivity index is 1.57. The molecule has 2 heterocycles. The van der Waals surface area contributed by atoms with Crippen LogP contribution in [0.1, 0.15) is 24.1 Å². The Kier molecular flexibility index (Phi) is 9.48. The van der Waals surface area contributed by atoms with Crippen molar-refractivity contribution in [2.24, 2.45) is 0 Å². The zero-order valence-electron chi connectivity index (χ0n) is 21.2. The van der Waals surface area contributed by atoms with E-state index in [2.05, 4.69) is 55.9 Å². The van der Waals surface area contributed by atoms with Gasteiger partial charge in [-0.3, -0.25) is 9.78 Å². The van der Waals surface area contributed by atoms with E-state index in [1.807, 2.05) is 30.3 Å².